The molecule has 0 radical (unpaired) electrons. The number of nitrogens with zero attached hydrogens (tertiary/aromatic N) is 2. The molecule has 2 nitrogen and oxygen atoms in total. The lowest BCUT2D eigenvalue weighted by molar-refractivity contribution is 0.258. The molecule has 0 N–H and O–H groups in total. The molecule has 1 aliphatic rings. The van der Waals surface area contributed by atoms with Crippen LogP contribution in [0.1, 0.15) is 12.0 Å². The topological polar surface area (TPSA) is 6.48 Å². The van der Waals surface area contributed by atoms with E-state index < -0.39 is 0 Å². The van der Waals surface area contributed by atoms with Crippen molar-refractivity contribution in [2.24, 2.45) is 0 Å². The van der Waals surface area contributed by atoms with Gasteiger partial charge in [-0.1, -0.05) is 23.7 Å². The third-order valence-corrected chi connectivity index (χ3v) is 3.82. The average Bonchev–Trinajstić information content (AvgIpc) is 2.59. The summed E-state index contributed by atoms with van der Waals surface area (Å²) in [7, 11) is 0. The summed E-state index contributed by atoms with van der Waals surface area (Å²) in [6.07, 6.45) is 1.23. The number of hydrogen-bond acceptors (Lipinski definition) is 2. The van der Waals surface area contributed by atoms with Crippen molar-refractivity contribution in [3.05, 3.63) is 34.9 Å². The molecule has 100 valence electrons. The molecule has 0 amide bonds. The molecule has 1 aliphatic heterocycles. The Balaban J connectivity index is 1.84. The minimum absolute atomic E-state index is 0.733. The SMILES string of the molecule is ClCCN1CCCN(Cc2ccc(Cl)cc2)CC1. The van der Waals surface area contributed by atoms with Crippen LogP contribution < -0.4 is 0 Å². The Morgan fingerprint density at radius 1 is 0.944 bits per heavy atom. The van der Waals surface area contributed by atoms with Crippen molar-refractivity contribution in [2.45, 2.75) is 13.0 Å². The van der Waals surface area contributed by atoms with E-state index in [1.165, 1.54) is 25.1 Å². The molecular weight excluding hydrogens is 267 g/mol. The Hall–Kier alpha value is -0.280. The summed E-state index contributed by atoms with van der Waals surface area (Å²) in [5, 5.41) is 0.808. The molecule has 0 atom stereocenters. The molecule has 1 aromatic carbocycles. The minimum atomic E-state index is 0.733. The second-order valence-corrected chi connectivity index (χ2v) is 5.60. The van der Waals surface area contributed by atoms with E-state index in [4.69, 9.17) is 23.2 Å². The summed E-state index contributed by atoms with van der Waals surface area (Å²) in [5.41, 5.74) is 1.34. The fourth-order valence-corrected chi connectivity index (χ4v) is 2.74. The van der Waals surface area contributed by atoms with Crippen LogP contribution in [0.15, 0.2) is 24.3 Å². The third kappa shape index (κ3) is 4.43. The highest BCUT2D eigenvalue weighted by molar-refractivity contribution is 6.30. The molecule has 0 bridgehead atoms. The van der Waals surface area contributed by atoms with Crippen molar-refractivity contribution in [1.29, 1.82) is 0 Å². The highest BCUT2D eigenvalue weighted by atomic mass is 35.5. The Kier molecular flexibility index (Phi) is 5.77. The third-order valence-electron chi connectivity index (χ3n) is 3.40. The van der Waals surface area contributed by atoms with Crippen molar-refractivity contribution in [2.75, 3.05) is 38.6 Å². The quantitative estimate of drug-likeness (QED) is 0.785. The molecule has 2 rings (SSSR count). The normalized spacial score (nSPS) is 18.8. The van der Waals surface area contributed by atoms with Gasteiger partial charge in [-0.25, -0.2) is 0 Å². The van der Waals surface area contributed by atoms with Crippen molar-refractivity contribution in [3.8, 4) is 0 Å². The van der Waals surface area contributed by atoms with Crippen LogP contribution in [0.25, 0.3) is 0 Å². The first kappa shape index (κ1) is 14.1. The van der Waals surface area contributed by atoms with E-state index in [0.717, 1.165) is 37.1 Å². The predicted octanol–water partition coefficient (Wildman–Crippen LogP) is 3.09. The van der Waals surface area contributed by atoms with Gasteiger partial charge in [0.2, 0.25) is 0 Å². The van der Waals surface area contributed by atoms with Gasteiger partial charge in [0.15, 0.2) is 0 Å². The smallest absolute Gasteiger partial charge is 0.0406 e. The zero-order valence-corrected chi connectivity index (χ0v) is 12.1. The van der Waals surface area contributed by atoms with Gasteiger partial charge in [-0.15, -0.1) is 11.6 Å². The molecule has 0 spiro atoms. The van der Waals surface area contributed by atoms with Crippen molar-refractivity contribution < 1.29 is 0 Å². The Bertz CT molecular complexity index is 353. The van der Waals surface area contributed by atoms with Gasteiger partial charge in [0, 0.05) is 37.1 Å². The lowest BCUT2D eigenvalue weighted by atomic mass is 10.2. The molecule has 0 aromatic heterocycles. The van der Waals surface area contributed by atoms with Gasteiger partial charge in [0.1, 0.15) is 0 Å². The molecule has 18 heavy (non-hydrogen) atoms. The van der Waals surface area contributed by atoms with E-state index in [1.807, 2.05) is 12.1 Å². The highest BCUT2D eigenvalue weighted by Crippen LogP contribution is 2.13. The van der Waals surface area contributed by atoms with E-state index in [2.05, 4.69) is 21.9 Å². The van der Waals surface area contributed by atoms with Crippen LogP contribution >= 0.6 is 23.2 Å². The molecule has 0 aliphatic carbocycles. The van der Waals surface area contributed by atoms with Crippen molar-refractivity contribution in [3.63, 3.8) is 0 Å². The number of halogens is 2. The monoisotopic (exact) mass is 286 g/mol. The maximum atomic E-state index is 5.90. The van der Waals surface area contributed by atoms with Crippen molar-refractivity contribution in [1.82, 2.24) is 9.80 Å². The van der Waals surface area contributed by atoms with Crippen molar-refractivity contribution >= 4 is 23.2 Å². The number of benzene rings is 1. The van der Waals surface area contributed by atoms with E-state index >= 15 is 0 Å². The zero-order valence-electron chi connectivity index (χ0n) is 10.6. The fourth-order valence-electron chi connectivity index (χ4n) is 2.37. The van der Waals surface area contributed by atoms with Gasteiger partial charge in [-0.05, 0) is 37.2 Å². The first-order chi connectivity index (χ1) is 8.78. The summed E-state index contributed by atoms with van der Waals surface area (Å²) in [4.78, 5) is 4.96. The highest BCUT2D eigenvalue weighted by Gasteiger charge is 2.14. The molecule has 1 saturated heterocycles. The molecular formula is C14H20Cl2N2. The number of rotatable bonds is 4. The Labute approximate surface area is 119 Å². The van der Waals surface area contributed by atoms with Gasteiger partial charge in [-0.3, -0.25) is 4.90 Å². The maximum absolute atomic E-state index is 5.90. The first-order valence-electron chi connectivity index (χ1n) is 6.53. The molecule has 4 heteroatoms. The van der Waals surface area contributed by atoms with Gasteiger partial charge in [0.05, 0.1) is 0 Å². The zero-order chi connectivity index (χ0) is 12.8. The van der Waals surface area contributed by atoms with Crippen LogP contribution in [0.4, 0.5) is 0 Å². The van der Waals surface area contributed by atoms with E-state index in [-0.39, 0.29) is 0 Å². The Morgan fingerprint density at radius 2 is 1.61 bits per heavy atom. The predicted molar refractivity (Wildman–Crippen MR) is 78.5 cm³/mol. The average molecular weight is 287 g/mol. The van der Waals surface area contributed by atoms with Crippen LogP contribution in [0.2, 0.25) is 5.02 Å². The molecule has 0 unspecified atom stereocenters. The summed E-state index contributed by atoms with van der Waals surface area (Å²) < 4.78 is 0. The summed E-state index contributed by atoms with van der Waals surface area (Å²) in [6, 6.07) is 8.16. The summed E-state index contributed by atoms with van der Waals surface area (Å²) >= 11 is 11.7. The van der Waals surface area contributed by atoms with Gasteiger partial charge in [0.25, 0.3) is 0 Å². The molecule has 1 fully saturated rings. The van der Waals surface area contributed by atoms with Gasteiger partial charge < -0.3 is 4.90 Å². The fraction of sp³-hybridized carbons (Fsp3) is 0.571. The summed E-state index contributed by atoms with van der Waals surface area (Å²) in [5.74, 6) is 0.733. The van der Waals surface area contributed by atoms with Crippen LogP contribution in [-0.2, 0) is 6.54 Å². The lowest BCUT2D eigenvalue weighted by Gasteiger charge is -2.21. The molecule has 1 aromatic rings. The van der Waals surface area contributed by atoms with Crippen LogP contribution in [0, 0.1) is 0 Å². The van der Waals surface area contributed by atoms with Crippen LogP contribution in [-0.4, -0.2) is 48.4 Å². The minimum Gasteiger partial charge on any atom is -0.301 e. The van der Waals surface area contributed by atoms with Gasteiger partial charge >= 0.3 is 0 Å². The molecule has 0 saturated carbocycles. The second kappa shape index (κ2) is 7.34. The number of alkyl halides is 1. The standard InChI is InChI=1S/C14H20Cl2N2/c15-6-9-17-7-1-8-18(11-10-17)12-13-2-4-14(16)5-3-13/h2-5H,1,6-12H2. The largest absolute Gasteiger partial charge is 0.301 e. The van der Waals surface area contributed by atoms with Crippen LogP contribution in [0.5, 0.6) is 0 Å². The van der Waals surface area contributed by atoms with E-state index in [0.29, 0.717) is 0 Å². The van der Waals surface area contributed by atoms with Crippen LogP contribution in [0.3, 0.4) is 0 Å². The molecule has 1 heterocycles. The number of hydrogen-bond donors (Lipinski definition) is 0. The van der Waals surface area contributed by atoms with E-state index in [1.54, 1.807) is 0 Å². The second-order valence-electron chi connectivity index (χ2n) is 4.79. The Morgan fingerprint density at radius 3 is 2.33 bits per heavy atom. The van der Waals surface area contributed by atoms with Gasteiger partial charge in [-0.2, -0.15) is 0 Å². The van der Waals surface area contributed by atoms with E-state index in [9.17, 15) is 0 Å². The summed E-state index contributed by atoms with van der Waals surface area (Å²) in [6.45, 7) is 6.62. The lowest BCUT2D eigenvalue weighted by Crippen LogP contribution is -2.31. The first-order valence-corrected chi connectivity index (χ1v) is 7.44. The maximum Gasteiger partial charge on any atom is 0.0406 e.